The molecule has 1 saturated carbocycles. The molecule has 0 aromatic heterocycles. The Morgan fingerprint density at radius 1 is 0.833 bits per heavy atom. The highest BCUT2D eigenvalue weighted by molar-refractivity contribution is 5.86. The quantitative estimate of drug-likeness (QED) is 0.482. The number of ether oxygens (including phenoxy) is 1. The van der Waals surface area contributed by atoms with Crippen LogP contribution in [0.15, 0.2) is 54.7 Å². The van der Waals surface area contributed by atoms with E-state index in [-0.39, 0.29) is 0 Å². The first-order valence-corrected chi connectivity index (χ1v) is 12.2. The van der Waals surface area contributed by atoms with Gasteiger partial charge in [0, 0.05) is 11.1 Å². The molecule has 0 aliphatic heterocycles. The van der Waals surface area contributed by atoms with Crippen molar-refractivity contribution in [2.75, 3.05) is 7.11 Å². The van der Waals surface area contributed by atoms with Gasteiger partial charge in [-0.2, -0.15) is 0 Å². The number of methoxy groups -OCH3 is 1. The van der Waals surface area contributed by atoms with E-state index in [4.69, 9.17) is 4.74 Å². The lowest BCUT2D eigenvalue weighted by Crippen LogP contribution is -1.98. The lowest BCUT2D eigenvalue weighted by atomic mass is 9.92. The van der Waals surface area contributed by atoms with Crippen LogP contribution in [0.2, 0.25) is 0 Å². The molecule has 1 heteroatoms. The van der Waals surface area contributed by atoms with Crippen LogP contribution < -0.4 is 4.74 Å². The zero-order valence-electron chi connectivity index (χ0n) is 21.1. The molecule has 2 unspecified atom stereocenters. The second-order valence-corrected chi connectivity index (χ2v) is 6.78. The molecule has 1 aromatic rings. The van der Waals surface area contributed by atoms with Gasteiger partial charge >= 0.3 is 0 Å². The standard InChI is InChI=1S/C20H20O.C3H8.3C2H6/c1-21-20-18(14-6-3-2-4-7-14)8-5-9-19(20)16-11-10-15-12-17(15)13-16;1-3-2;3*1-2/h3,5-11,13,15,17H,2,4,12H2,1H3;3H2,1-2H3;3*1-2H3. The van der Waals surface area contributed by atoms with Crippen LogP contribution in [0.1, 0.15) is 92.2 Å². The molecule has 4 rings (SSSR count). The van der Waals surface area contributed by atoms with Gasteiger partial charge in [0.25, 0.3) is 0 Å². The Balaban J connectivity index is 0.000000826. The van der Waals surface area contributed by atoms with Crippen LogP contribution in [0.5, 0.6) is 5.75 Å². The summed E-state index contributed by atoms with van der Waals surface area (Å²) in [5.74, 6) is 2.56. The van der Waals surface area contributed by atoms with Gasteiger partial charge in [-0.3, -0.25) is 0 Å². The summed E-state index contributed by atoms with van der Waals surface area (Å²) in [6.07, 6.45) is 18.6. The van der Waals surface area contributed by atoms with Gasteiger partial charge in [0.15, 0.2) is 0 Å². The largest absolute Gasteiger partial charge is 0.495 e. The van der Waals surface area contributed by atoms with Gasteiger partial charge in [-0.05, 0) is 42.2 Å². The van der Waals surface area contributed by atoms with Crippen molar-refractivity contribution in [3.63, 3.8) is 0 Å². The van der Waals surface area contributed by atoms with Gasteiger partial charge in [0.1, 0.15) is 5.75 Å². The molecule has 1 nitrogen and oxygen atoms in total. The average molecular weight is 411 g/mol. The molecule has 0 amide bonds. The third-order valence-corrected chi connectivity index (χ3v) is 4.64. The van der Waals surface area contributed by atoms with Crippen molar-refractivity contribution in [3.8, 4) is 5.75 Å². The van der Waals surface area contributed by atoms with Gasteiger partial charge in [-0.15, -0.1) is 0 Å². The van der Waals surface area contributed by atoms with E-state index in [0.29, 0.717) is 0 Å². The Bertz CT molecular complexity index is 703. The highest BCUT2D eigenvalue weighted by atomic mass is 16.5. The third kappa shape index (κ3) is 8.01. The number of para-hydroxylation sites is 1. The Morgan fingerprint density at radius 3 is 1.93 bits per heavy atom. The van der Waals surface area contributed by atoms with Crippen LogP contribution in [-0.2, 0) is 0 Å². The molecule has 0 heterocycles. The van der Waals surface area contributed by atoms with Crippen molar-refractivity contribution in [2.45, 2.75) is 81.1 Å². The number of rotatable bonds is 3. The zero-order valence-corrected chi connectivity index (χ0v) is 21.1. The summed E-state index contributed by atoms with van der Waals surface area (Å²) in [5, 5.41) is 0. The summed E-state index contributed by atoms with van der Waals surface area (Å²) in [6.45, 7) is 16.2. The Kier molecular flexibility index (Phi) is 15.6. The molecule has 30 heavy (non-hydrogen) atoms. The molecule has 168 valence electrons. The van der Waals surface area contributed by atoms with E-state index < -0.39 is 0 Å². The first-order chi connectivity index (χ1) is 14.8. The highest BCUT2D eigenvalue weighted by Crippen LogP contribution is 2.47. The van der Waals surface area contributed by atoms with E-state index in [2.05, 4.69) is 68.5 Å². The second-order valence-electron chi connectivity index (χ2n) is 6.78. The molecule has 3 aliphatic carbocycles. The maximum atomic E-state index is 5.78. The summed E-state index contributed by atoms with van der Waals surface area (Å²) in [6, 6.07) is 6.48. The fourth-order valence-electron chi connectivity index (χ4n) is 3.37. The minimum absolute atomic E-state index is 0.757. The third-order valence-electron chi connectivity index (χ3n) is 4.64. The van der Waals surface area contributed by atoms with Crippen LogP contribution >= 0.6 is 0 Å². The van der Waals surface area contributed by atoms with Gasteiger partial charge in [-0.1, -0.05) is 116 Å². The molecule has 2 atom stereocenters. The molecule has 0 bridgehead atoms. The lowest BCUT2D eigenvalue weighted by molar-refractivity contribution is 0.412. The molecule has 0 saturated heterocycles. The van der Waals surface area contributed by atoms with Crippen LogP contribution in [0.3, 0.4) is 0 Å². The summed E-state index contributed by atoms with van der Waals surface area (Å²) >= 11 is 0. The molecule has 1 fully saturated rings. The van der Waals surface area contributed by atoms with E-state index >= 15 is 0 Å². The molecular formula is C29H46O. The predicted octanol–water partition coefficient (Wildman–Crippen LogP) is 9.51. The number of benzene rings is 1. The Morgan fingerprint density at radius 2 is 1.43 bits per heavy atom. The number of allylic oxidation sites excluding steroid dienone is 8. The average Bonchev–Trinajstić information content (AvgIpc) is 3.62. The maximum Gasteiger partial charge on any atom is 0.134 e. The summed E-state index contributed by atoms with van der Waals surface area (Å²) in [7, 11) is 1.78. The second kappa shape index (κ2) is 16.7. The predicted molar refractivity (Wildman–Crippen MR) is 138 cm³/mol. The van der Waals surface area contributed by atoms with Gasteiger partial charge in [0.05, 0.1) is 7.11 Å². The Hall–Kier alpha value is -2.02. The summed E-state index contributed by atoms with van der Waals surface area (Å²) in [4.78, 5) is 0. The van der Waals surface area contributed by atoms with Gasteiger partial charge < -0.3 is 4.74 Å². The van der Waals surface area contributed by atoms with Crippen molar-refractivity contribution in [2.24, 2.45) is 11.8 Å². The van der Waals surface area contributed by atoms with E-state index in [9.17, 15) is 0 Å². The minimum atomic E-state index is 0.757. The van der Waals surface area contributed by atoms with Crippen molar-refractivity contribution in [3.05, 3.63) is 65.8 Å². The number of fused-ring (bicyclic) bond motifs is 1. The summed E-state index contributed by atoms with van der Waals surface area (Å²) in [5.41, 5.74) is 5.02. The van der Waals surface area contributed by atoms with E-state index in [0.717, 1.165) is 30.4 Å². The fourth-order valence-corrected chi connectivity index (χ4v) is 3.37. The van der Waals surface area contributed by atoms with E-state index in [1.54, 1.807) is 7.11 Å². The molecule has 0 N–H and O–H groups in total. The summed E-state index contributed by atoms with van der Waals surface area (Å²) < 4.78 is 5.78. The monoisotopic (exact) mass is 410 g/mol. The molecule has 0 radical (unpaired) electrons. The van der Waals surface area contributed by atoms with E-state index in [1.165, 1.54) is 35.1 Å². The van der Waals surface area contributed by atoms with Crippen LogP contribution in [-0.4, -0.2) is 7.11 Å². The first kappa shape index (κ1) is 28.0. The maximum absolute atomic E-state index is 5.78. The van der Waals surface area contributed by atoms with Crippen LogP contribution in [0.4, 0.5) is 0 Å². The topological polar surface area (TPSA) is 9.23 Å². The SMILES string of the molecule is CC.CC.CC.CCC.COc1c(C2=CCCC=C2)cccc1C1=CC2CC2C=C1. The van der Waals surface area contributed by atoms with Crippen molar-refractivity contribution in [1.29, 1.82) is 0 Å². The normalized spacial score (nSPS) is 19.4. The van der Waals surface area contributed by atoms with Crippen molar-refractivity contribution >= 4 is 11.1 Å². The highest BCUT2D eigenvalue weighted by Gasteiger charge is 2.35. The zero-order chi connectivity index (χ0) is 22.9. The molecule has 1 aromatic carbocycles. The van der Waals surface area contributed by atoms with Crippen molar-refractivity contribution in [1.82, 2.24) is 0 Å². The van der Waals surface area contributed by atoms with Gasteiger partial charge in [0.2, 0.25) is 0 Å². The van der Waals surface area contributed by atoms with Gasteiger partial charge in [-0.25, -0.2) is 0 Å². The van der Waals surface area contributed by atoms with Crippen LogP contribution in [0.25, 0.3) is 11.1 Å². The number of hydrogen-bond donors (Lipinski definition) is 0. The first-order valence-electron chi connectivity index (χ1n) is 12.2. The smallest absolute Gasteiger partial charge is 0.134 e. The molecule has 0 spiro atoms. The van der Waals surface area contributed by atoms with Crippen LogP contribution in [0, 0.1) is 11.8 Å². The lowest BCUT2D eigenvalue weighted by Gasteiger charge is -2.17. The minimum Gasteiger partial charge on any atom is -0.495 e. The molecule has 3 aliphatic rings. The Labute approximate surface area is 187 Å². The van der Waals surface area contributed by atoms with E-state index in [1.807, 2.05) is 41.5 Å². The molecular weight excluding hydrogens is 364 g/mol. The fraction of sp³-hybridized carbons (Fsp3) is 0.517. The number of hydrogen-bond acceptors (Lipinski definition) is 1. The van der Waals surface area contributed by atoms with Crippen molar-refractivity contribution < 1.29 is 4.74 Å².